The highest BCUT2D eigenvalue weighted by atomic mass is 32.2. The number of aromatic nitrogens is 2. The van der Waals surface area contributed by atoms with Crippen molar-refractivity contribution >= 4 is 34.0 Å². The number of nitrogens with zero attached hydrogens (tertiary/aromatic N) is 3. The van der Waals surface area contributed by atoms with Crippen LogP contribution in [-0.2, 0) is 17.6 Å². The Balaban J connectivity index is 1.53. The van der Waals surface area contributed by atoms with Crippen LogP contribution in [0.3, 0.4) is 0 Å². The third-order valence-electron chi connectivity index (χ3n) is 5.23. The number of fused-ring (bicyclic) bond motifs is 1. The van der Waals surface area contributed by atoms with Crippen LogP contribution >= 0.6 is 23.1 Å². The molecule has 0 saturated carbocycles. The number of benzene rings is 1. The number of nitrogens with one attached hydrogen (secondary N) is 2. The molecule has 1 aromatic carbocycles. The number of aryl methyl sites for hydroxylation is 1. The zero-order chi connectivity index (χ0) is 23.4. The number of methoxy groups -OCH3 is 1. The van der Waals surface area contributed by atoms with Crippen molar-refractivity contribution in [2.24, 2.45) is 0 Å². The van der Waals surface area contributed by atoms with Gasteiger partial charge in [-0.1, -0.05) is 23.9 Å². The molecule has 4 rings (SSSR count). The Labute approximate surface area is 198 Å². The zero-order valence-electron chi connectivity index (χ0n) is 17.7. The van der Waals surface area contributed by atoms with E-state index in [1.54, 1.807) is 24.3 Å². The lowest BCUT2D eigenvalue weighted by atomic mass is 9.96. The van der Waals surface area contributed by atoms with Gasteiger partial charge in [-0.05, 0) is 43.4 Å². The van der Waals surface area contributed by atoms with Gasteiger partial charge in [-0.25, -0.2) is 4.98 Å². The van der Waals surface area contributed by atoms with Gasteiger partial charge in [0.25, 0.3) is 5.56 Å². The van der Waals surface area contributed by atoms with E-state index in [0.29, 0.717) is 21.9 Å². The van der Waals surface area contributed by atoms with E-state index in [0.717, 1.165) is 43.0 Å². The highest BCUT2D eigenvalue weighted by Gasteiger charge is 2.22. The highest BCUT2D eigenvalue weighted by Crippen LogP contribution is 2.37. The fraction of sp³-hybridized carbons (Fsp3) is 0.261. The molecule has 0 fully saturated rings. The molecule has 10 heteroatoms. The molecule has 2 N–H and O–H groups in total. The molecule has 1 amide bonds. The standard InChI is InChI=1S/C23H19N5O3S2/c1-31-14-6-4-5-13(9-14)20-17(11-25)21(30)28-23(27-20)32-12-19(29)26-22-16(10-24)15-7-2-3-8-18(15)33-22/h4-6,9H,2-3,7-8,12H2,1H3,(H,26,29)(H,27,28,30). The molecule has 1 aliphatic carbocycles. The molecular formula is C23H19N5O3S2. The van der Waals surface area contributed by atoms with Crippen LogP contribution in [-0.4, -0.2) is 28.7 Å². The van der Waals surface area contributed by atoms with E-state index in [9.17, 15) is 20.1 Å². The number of anilines is 1. The van der Waals surface area contributed by atoms with Crippen LogP contribution in [0, 0.1) is 22.7 Å². The highest BCUT2D eigenvalue weighted by molar-refractivity contribution is 7.99. The lowest BCUT2D eigenvalue weighted by Crippen LogP contribution is -2.17. The molecule has 0 spiro atoms. The van der Waals surface area contributed by atoms with Crippen LogP contribution in [0.5, 0.6) is 5.75 Å². The molecule has 8 nitrogen and oxygen atoms in total. The van der Waals surface area contributed by atoms with Gasteiger partial charge < -0.3 is 15.0 Å². The Kier molecular flexibility index (Phi) is 6.78. The van der Waals surface area contributed by atoms with Crippen LogP contribution < -0.4 is 15.6 Å². The van der Waals surface area contributed by atoms with Gasteiger partial charge in [0.15, 0.2) is 5.16 Å². The Hall–Kier alpha value is -3.60. The van der Waals surface area contributed by atoms with E-state index in [2.05, 4.69) is 21.4 Å². The van der Waals surface area contributed by atoms with Gasteiger partial charge in [0, 0.05) is 10.4 Å². The van der Waals surface area contributed by atoms with Crippen molar-refractivity contribution in [3.05, 3.63) is 56.2 Å². The minimum Gasteiger partial charge on any atom is -0.497 e. The molecule has 0 aliphatic heterocycles. The summed E-state index contributed by atoms with van der Waals surface area (Å²) in [6, 6.07) is 11.0. The maximum Gasteiger partial charge on any atom is 0.270 e. The fourth-order valence-corrected chi connectivity index (χ4v) is 5.59. The normalized spacial score (nSPS) is 12.3. The first kappa shape index (κ1) is 22.6. The lowest BCUT2D eigenvalue weighted by Gasteiger charge is -2.09. The number of rotatable bonds is 6. The van der Waals surface area contributed by atoms with E-state index >= 15 is 0 Å². The van der Waals surface area contributed by atoms with E-state index in [1.807, 2.05) is 6.07 Å². The Morgan fingerprint density at radius 1 is 1.27 bits per heavy atom. The van der Waals surface area contributed by atoms with Crippen molar-refractivity contribution in [1.82, 2.24) is 9.97 Å². The summed E-state index contributed by atoms with van der Waals surface area (Å²) in [6.45, 7) is 0. The van der Waals surface area contributed by atoms with Crippen LogP contribution in [0.15, 0.2) is 34.2 Å². The van der Waals surface area contributed by atoms with Gasteiger partial charge >= 0.3 is 0 Å². The van der Waals surface area contributed by atoms with Crippen LogP contribution in [0.2, 0.25) is 0 Å². The van der Waals surface area contributed by atoms with Crippen LogP contribution in [0.25, 0.3) is 11.3 Å². The van der Waals surface area contributed by atoms with Gasteiger partial charge in [0.05, 0.1) is 24.1 Å². The summed E-state index contributed by atoms with van der Waals surface area (Å²) in [5, 5.41) is 22.6. The summed E-state index contributed by atoms with van der Waals surface area (Å²) in [6.07, 6.45) is 3.94. The maximum atomic E-state index is 12.6. The molecule has 0 radical (unpaired) electrons. The number of ether oxygens (including phenoxy) is 1. The number of H-pyrrole nitrogens is 1. The summed E-state index contributed by atoms with van der Waals surface area (Å²) >= 11 is 2.51. The van der Waals surface area contributed by atoms with Gasteiger partial charge in [0.1, 0.15) is 28.5 Å². The molecule has 0 saturated heterocycles. The molecule has 33 heavy (non-hydrogen) atoms. The third kappa shape index (κ3) is 4.77. The predicted molar refractivity (Wildman–Crippen MR) is 127 cm³/mol. The van der Waals surface area contributed by atoms with Crippen molar-refractivity contribution < 1.29 is 9.53 Å². The number of hydrogen-bond acceptors (Lipinski definition) is 8. The Morgan fingerprint density at radius 2 is 2.06 bits per heavy atom. The predicted octanol–water partition coefficient (Wildman–Crippen LogP) is 3.86. The number of amides is 1. The molecule has 2 heterocycles. The second-order valence-corrected chi connectivity index (χ2v) is 9.37. The maximum absolute atomic E-state index is 12.6. The summed E-state index contributed by atoms with van der Waals surface area (Å²) < 4.78 is 5.22. The van der Waals surface area contributed by atoms with E-state index in [-0.39, 0.29) is 28.1 Å². The minimum absolute atomic E-state index is 0.0141. The number of thioether (sulfide) groups is 1. The average Bonchev–Trinajstić information content (AvgIpc) is 3.19. The first-order valence-electron chi connectivity index (χ1n) is 10.2. The summed E-state index contributed by atoms with van der Waals surface area (Å²) in [7, 11) is 1.52. The topological polar surface area (TPSA) is 132 Å². The molecule has 2 aromatic heterocycles. The summed E-state index contributed by atoms with van der Waals surface area (Å²) in [4.78, 5) is 33.2. The SMILES string of the molecule is COc1cccc(-c2nc(SCC(=O)Nc3sc4c(c3C#N)CCCC4)[nH]c(=O)c2C#N)c1. The monoisotopic (exact) mass is 477 g/mol. The van der Waals surface area contributed by atoms with Crippen molar-refractivity contribution in [1.29, 1.82) is 10.5 Å². The number of aromatic amines is 1. The van der Waals surface area contributed by atoms with Gasteiger partial charge in [-0.2, -0.15) is 10.5 Å². The molecule has 1 aliphatic rings. The van der Waals surface area contributed by atoms with Crippen molar-refractivity contribution in [3.8, 4) is 29.1 Å². The van der Waals surface area contributed by atoms with Gasteiger partial charge in [0.2, 0.25) is 5.91 Å². The lowest BCUT2D eigenvalue weighted by molar-refractivity contribution is -0.113. The number of carbonyl (C=O) groups is 1. The average molecular weight is 478 g/mol. The molecular weight excluding hydrogens is 458 g/mol. The summed E-state index contributed by atoms with van der Waals surface area (Å²) in [5.41, 5.74) is 1.70. The Bertz CT molecular complexity index is 1360. The second kappa shape index (κ2) is 9.90. The van der Waals surface area contributed by atoms with Crippen LogP contribution in [0.4, 0.5) is 5.00 Å². The van der Waals surface area contributed by atoms with Crippen molar-refractivity contribution in [3.63, 3.8) is 0 Å². The van der Waals surface area contributed by atoms with E-state index in [4.69, 9.17) is 4.74 Å². The first-order valence-corrected chi connectivity index (χ1v) is 12.0. The first-order chi connectivity index (χ1) is 16.0. The van der Waals surface area contributed by atoms with Gasteiger partial charge in [-0.3, -0.25) is 9.59 Å². The zero-order valence-corrected chi connectivity index (χ0v) is 19.4. The Morgan fingerprint density at radius 3 is 2.82 bits per heavy atom. The smallest absolute Gasteiger partial charge is 0.270 e. The molecule has 0 bridgehead atoms. The van der Waals surface area contributed by atoms with Crippen LogP contribution in [0.1, 0.15) is 34.4 Å². The van der Waals surface area contributed by atoms with E-state index < -0.39 is 5.56 Å². The summed E-state index contributed by atoms with van der Waals surface area (Å²) in [5.74, 6) is 0.254. The van der Waals surface area contributed by atoms with Crippen molar-refractivity contribution in [2.45, 2.75) is 30.8 Å². The number of hydrogen-bond donors (Lipinski definition) is 2. The van der Waals surface area contributed by atoms with E-state index in [1.165, 1.54) is 23.3 Å². The quantitative estimate of drug-likeness (QED) is 0.407. The van der Waals surface area contributed by atoms with Gasteiger partial charge in [-0.15, -0.1) is 11.3 Å². The third-order valence-corrected chi connectivity index (χ3v) is 7.31. The molecule has 166 valence electrons. The molecule has 0 atom stereocenters. The fourth-order valence-electron chi connectivity index (χ4n) is 3.67. The molecule has 3 aromatic rings. The van der Waals surface area contributed by atoms with Crippen molar-refractivity contribution in [2.75, 3.05) is 18.2 Å². The molecule has 0 unspecified atom stereocenters. The number of carbonyl (C=O) groups excluding carboxylic acids is 1. The largest absolute Gasteiger partial charge is 0.497 e. The minimum atomic E-state index is -0.578. The second-order valence-electron chi connectivity index (χ2n) is 7.30. The number of nitriles is 2. The number of thiophene rings is 1.